The summed E-state index contributed by atoms with van der Waals surface area (Å²) in [6.07, 6.45) is 2.36. The van der Waals surface area contributed by atoms with Crippen molar-refractivity contribution in [3.05, 3.63) is 118 Å². The lowest BCUT2D eigenvalue weighted by molar-refractivity contribution is -0.137. The molecule has 0 unspecified atom stereocenters. The minimum Gasteiger partial charge on any atom is -0.289 e. The Labute approximate surface area is 189 Å². The molecule has 0 atom stereocenters. The quantitative estimate of drug-likeness (QED) is 0.234. The summed E-state index contributed by atoms with van der Waals surface area (Å²) >= 11 is 0. The average molecular weight is 443 g/mol. The lowest BCUT2D eigenvalue weighted by Crippen LogP contribution is -2.05. The highest BCUT2D eigenvalue weighted by molar-refractivity contribution is 6.13. The molecule has 2 nitrogen and oxygen atoms in total. The third kappa shape index (κ3) is 5.09. The predicted octanol–water partition coefficient (Wildman–Crippen LogP) is 7.63. The van der Waals surface area contributed by atoms with E-state index in [0.29, 0.717) is 22.4 Å². The summed E-state index contributed by atoms with van der Waals surface area (Å²) < 4.78 is 38.6. The van der Waals surface area contributed by atoms with Crippen LogP contribution in [0.25, 0.3) is 29.1 Å². The number of alkyl halides is 3. The number of halogens is 3. The Morgan fingerprint density at radius 3 is 2.12 bits per heavy atom. The van der Waals surface area contributed by atoms with Gasteiger partial charge in [-0.3, -0.25) is 9.78 Å². The smallest absolute Gasteiger partial charge is 0.289 e. The molecule has 164 valence electrons. The van der Waals surface area contributed by atoms with Gasteiger partial charge in [0.2, 0.25) is 0 Å². The van der Waals surface area contributed by atoms with Gasteiger partial charge in [0.25, 0.3) is 0 Å². The number of hydrogen-bond acceptors (Lipinski definition) is 2. The van der Waals surface area contributed by atoms with Crippen LogP contribution in [0.4, 0.5) is 13.2 Å². The van der Waals surface area contributed by atoms with Crippen molar-refractivity contribution < 1.29 is 18.0 Å². The predicted molar refractivity (Wildman–Crippen MR) is 127 cm³/mol. The highest BCUT2D eigenvalue weighted by Gasteiger charge is 2.29. The number of nitrogens with zero attached hydrogens (tertiary/aromatic N) is 1. The Balaban J connectivity index is 1.76. The van der Waals surface area contributed by atoms with Gasteiger partial charge in [-0.05, 0) is 47.9 Å². The molecule has 1 aromatic heterocycles. The van der Waals surface area contributed by atoms with Crippen LogP contribution in [0.15, 0.2) is 84.9 Å². The molecule has 0 bridgehead atoms. The average Bonchev–Trinajstić information content (AvgIpc) is 2.81. The third-order valence-corrected chi connectivity index (χ3v) is 5.27. The van der Waals surface area contributed by atoms with Gasteiger partial charge in [0.05, 0.1) is 16.6 Å². The molecule has 0 fully saturated rings. The van der Waals surface area contributed by atoms with E-state index in [9.17, 15) is 18.0 Å². The summed E-state index contributed by atoms with van der Waals surface area (Å²) in [6.45, 7) is 1.78. The number of rotatable bonds is 5. The summed E-state index contributed by atoms with van der Waals surface area (Å²) in [7, 11) is 0. The van der Waals surface area contributed by atoms with Crippen molar-refractivity contribution in [3.63, 3.8) is 0 Å². The number of carbonyl (C=O) groups excluding carboxylic acids is 1. The molecule has 0 amide bonds. The Morgan fingerprint density at radius 1 is 0.788 bits per heavy atom. The minimum atomic E-state index is -4.38. The van der Waals surface area contributed by atoms with Crippen LogP contribution in [0.3, 0.4) is 0 Å². The van der Waals surface area contributed by atoms with Crippen LogP contribution in [0.5, 0.6) is 0 Å². The van der Waals surface area contributed by atoms with E-state index < -0.39 is 11.7 Å². The second kappa shape index (κ2) is 9.25. The number of aryl methyl sites for hydroxylation is 1. The van der Waals surface area contributed by atoms with E-state index >= 15 is 0 Å². The first-order chi connectivity index (χ1) is 15.8. The summed E-state index contributed by atoms with van der Waals surface area (Å²) in [5.41, 5.74) is 3.27. The van der Waals surface area contributed by atoms with Crippen LogP contribution >= 0.6 is 0 Å². The van der Waals surface area contributed by atoms with E-state index in [2.05, 4.69) is 4.98 Å². The van der Waals surface area contributed by atoms with Crippen LogP contribution in [0.1, 0.15) is 38.3 Å². The van der Waals surface area contributed by atoms with E-state index in [1.807, 2.05) is 54.6 Å². The number of hydrogen-bond donors (Lipinski definition) is 0. The van der Waals surface area contributed by atoms with Crippen molar-refractivity contribution in [2.24, 2.45) is 0 Å². The lowest BCUT2D eigenvalue weighted by atomic mass is 9.96. The van der Waals surface area contributed by atoms with Crippen molar-refractivity contribution in [2.45, 2.75) is 13.1 Å². The first-order valence-electron chi connectivity index (χ1n) is 10.3. The molecular formula is C28H20F3NO. The summed E-state index contributed by atoms with van der Waals surface area (Å²) in [4.78, 5) is 17.8. The SMILES string of the molecule is Cc1nc2ccccc2c(/C=C/c2ccc(C(F)(F)F)cc2)c1C(=O)/C=C/c1ccccc1. The van der Waals surface area contributed by atoms with E-state index in [4.69, 9.17) is 0 Å². The molecule has 0 saturated carbocycles. The van der Waals surface area contributed by atoms with Crippen molar-refractivity contribution in [1.82, 2.24) is 4.98 Å². The standard InChI is InChI=1S/C28H20F3NO/c1-19-27(26(33)18-14-20-7-3-2-4-8-20)24(23-9-5-6-10-25(23)32-19)17-13-21-11-15-22(16-12-21)28(29,30)31/h2-18H,1H3/b17-13+,18-14+. The number of benzene rings is 3. The molecule has 0 aliphatic rings. The molecule has 0 radical (unpaired) electrons. The molecule has 4 aromatic rings. The number of ketones is 1. The van der Waals surface area contributed by atoms with Crippen molar-refractivity contribution in [1.29, 1.82) is 0 Å². The van der Waals surface area contributed by atoms with E-state index in [-0.39, 0.29) is 5.78 Å². The second-order valence-corrected chi connectivity index (χ2v) is 7.56. The fourth-order valence-electron chi connectivity index (χ4n) is 3.63. The van der Waals surface area contributed by atoms with E-state index in [1.54, 1.807) is 25.2 Å². The molecule has 33 heavy (non-hydrogen) atoms. The normalized spacial score (nSPS) is 12.1. The Bertz CT molecular complexity index is 1350. The first kappa shape index (κ1) is 22.2. The van der Waals surface area contributed by atoms with Gasteiger partial charge in [0.1, 0.15) is 0 Å². The molecule has 0 N–H and O–H groups in total. The Morgan fingerprint density at radius 2 is 1.42 bits per heavy atom. The monoisotopic (exact) mass is 443 g/mol. The van der Waals surface area contributed by atoms with E-state index in [1.165, 1.54) is 18.2 Å². The maximum Gasteiger partial charge on any atom is 0.416 e. The molecule has 0 saturated heterocycles. The zero-order valence-corrected chi connectivity index (χ0v) is 17.8. The van der Waals surface area contributed by atoms with Gasteiger partial charge in [-0.25, -0.2) is 0 Å². The van der Waals surface area contributed by atoms with Gasteiger partial charge in [0.15, 0.2) is 5.78 Å². The van der Waals surface area contributed by atoms with Gasteiger partial charge in [-0.1, -0.05) is 78.9 Å². The number of para-hydroxylation sites is 1. The third-order valence-electron chi connectivity index (χ3n) is 5.27. The van der Waals surface area contributed by atoms with Crippen LogP contribution in [0.2, 0.25) is 0 Å². The lowest BCUT2D eigenvalue weighted by Gasteiger charge is -2.11. The molecule has 3 aromatic carbocycles. The largest absolute Gasteiger partial charge is 0.416 e. The zero-order valence-electron chi connectivity index (χ0n) is 17.8. The van der Waals surface area contributed by atoms with Gasteiger partial charge in [-0.15, -0.1) is 0 Å². The fourth-order valence-corrected chi connectivity index (χ4v) is 3.63. The highest BCUT2D eigenvalue weighted by atomic mass is 19.4. The molecule has 0 aliphatic heterocycles. The Hall–Kier alpha value is -3.99. The van der Waals surface area contributed by atoms with Crippen LogP contribution < -0.4 is 0 Å². The number of allylic oxidation sites excluding steroid dienone is 1. The van der Waals surface area contributed by atoms with Crippen LogP contribution in [-0.4, -0.2) is 10.8 Å². The van der Waals surface area contributed by atoms with Crippen LogP contribution in [0, 0.1) is 6.92 Å². The number of fused-ring (bicyclic) bond motifs is 1. The number of carbonyl (C=O) groups is 1. The number of pyridine rings is 1. The highest BCUT2D eigenvalue weighted by Crippen LogP contribution is 2.30. The fraction of sp³-hybridized carbons (Fsp3) is 0.0714. The molecule has 5 heteroatoms. The summed E-state index contributed by atoms with van der Waals surface area (Å²) in [5, 5.41) is 0.794. The van der Waals surface area contributed by atoms with E-state index in [0.717, 1.165) is 28.6 Å². The summed E-state index contributed by atoms with van der Waals surface area (Å²) in [5.74, 6) is -0.193. The van der Waals surface area contributed by atoms with Gasteiger partial charge in [0, 0.05) is 11.1 Å². The van der Waals surface area contributed by atoms with Crippen molar-refractivity contribution in [3.8, 4) is 0 Å². The molecule has 0 spiro atoms. The molecule has 0 aliphatic carbocycles. The maximum atomic E-state index is 13.2. The topological polar surface area (TPSA) is 30.0 Å². The first-order valence-corrected chi connectivity index (χ1v) is 10.3. The second-order valence-electron chi connectivity index (χ2n) is 7.56. The molecule has 1 heterocycles. The number of aromatic nitrogens is 1. The summed E-state index contributed by atoms with van der Waals surface area (Å²) in [6, 6.07) is 21.9. The maximum absolute atomic E-state index is 13.2. The zero-order chi connectivity index (χ0) is 23.4. The minimum absolute atomic E-state index is 0.193. The van der Waals surface area contributed by atoms with Gasteiger partial charge >= 0.3 is 6.18 Å². The molecule has 4 rings (SSSR count). The Kier molecular flexibility index (Phi) is 6.22. The van der Waals surface area contributed by atoms with Gasteiger partial charge < -0.3 is 0 Å². The van der Waals surface area contributed by atoms with Crippen molar-refractivity contribution >= 4 is 34.9 Å². The molecular weight excluding hydrogens is 423 g/mol. The van der Waals surface area contributed by atoms with Crippen LogP contribution in [-0.2, 0) is 6.18 Å². The van der Waals surface area contributed by atoms with Crippen molar-refractivity contribution in [2.75, 3.05) is 0 Å². The van der Waals surface area contributed by atoms with Gasteiger partial charge in [-0.2, -0.15) is 13.2 Å².